The maximum absolute atomic E-state index is 11.5. The zero-order valence-corrected chi connectivity index (χ0v) is 10.7. The van der Waals surface area contributed by atoms with Gasteiger partial charge in [0.1, 0.15) is 5.70 Å². The Morgan fingerprint density at radius 2 is 2.24 bits per heavy atom. The molecule has 1 unspecified atom stereocenters. The molecule has 4 nitrogen and oxygen atoms in total. The van der Waals surface area contributed by atoms with Crippen molar-refractivity contribution >= 4 is 23.3 Å². The van der Waals surface area contributed by atoms with Crippen molar-refractivity contribution in [2.75, 3.05) is 6.61 Å². The molecule has 0 aliphatic carbocycles. The molecular formula is C12H14ClNO3. The number of hydrogen-bond donors (Lipinski definition) is 0. The van der Waals surface area contributed by atoms with Crippen LogP contribution in [0.4, 0.5) is 0 Å². The third-order valence-electron chi connectivity index (χ3n) is 2.57. The molecule has 1 aliphatic heterocycles. The van der Waals surface area contributed by atoms with E-state index in [2.05, 4.69) is 0 Å². The quantitative estimate of drug-likeness (QED) is 0.779. The van der Waals surface area contributed by atoms with Crippen molar-refractivity contribution in [2.45, 2.75) is 27.1 Å². The third-order valence-corrected chi connectivity index (χ3v) is 2.92. The van der Waals surface area contributed by atoms with Crippen LogP contribution in [0.15, 0.2) is 17.3 Å². The molecule has 1 atom stereocenters. The van der Waals surface area contributed by atoms with Crippen molar-refractivity contribution < 1.29 is 14.3 Å². The summed E-state index contributed by atoms with van der Waals surface area (Å²) in [6, 6.07) is 2.00. The molecule has 0 fully saturated rings. The summed E-state index contributed by atoms with van der Waals surface area (Å²) in [5.41, 5.74) is 2.64. The van der Waals surface area contributed by atoms with E-state index in [1.807, 2.05) is 37.6 Å². The lowest BCUT2D eigenvalue weighted by atomic mass is 10.3. The Kier molecular flexibility index (Phi) is 3.26. The minimum Gasteiger partial charge on any atom is -0.425 e. The number of halogens is 1. The second-order valence-electron chi connectivity index (χ2n) is 3.92. The SMILES string of the molecule is CCOC1OC(=O)C(Cl)=C1n1cc(C)cc1C. The molecular weight excluding hydrogens is 242 g/mol. The second kappa shape index (κ2) is 4.55. The minimum absolute atomic E-state index is 0.0853. The van der Waals surface area contributed by atoms with Gasteiger partial charge in [-0.1, -0.05) is 11.6 Å². The Hall–Kier alpha value is -1.26. The molecule has 1 aromatic heterocycles. The number of cyclic esters (lactones) is 1. The number of ether oxygens (including phenoxy) is 2. The lowest BCUT2D eigenvalue weighted by Gasteiger charge is -2.15. The lowest BCUT2D eigenvalue weighted by Crippen LogP contribution is -2.18. The third kappa shape index (κ3) is 2.10. The fourth-order valence-electron chi connectivity index (χ4n) is 1.90. The predicted octanol–water partition coefficient (Wildman–Crippen LogP) is 2.43. The van der Waals surface area contributed by atoms with Gasteiger partial charge in [0, 0.05) is 18.5 Å². The topological polar surface area (TPSA) is 40.5 Å². The summed E-state index contributed by atoms with van der Waals surface area (Å²) < 4.78 is 12.3. The molecule has 0 radical (unpaired) electrons. The van der Waals surface area contributed by atoms with E-state index < -0.39 is 12.3 Å². The van der Waals surface area contributed by atoms with E-state index in [0.29, 0.717) is 12.3 Å². The van der Waals surface area contributed by atoms with E-state index in [-0.39, 0.29) is 5.03 Å². The van der Waals surface area contributed by atoms with Crippen LogP contribution in [0.25, 0.3) is 5.70 Å². The number of aryl methyl sites for hydroxylation is 2. The minimum atomic E-state index is -0.717. The molecule has 1 aliphatic rings. The first kappa shape index (κ1) is 12.2. The highest BCUT2D eigenvalue weighted by Gasteiger charge is 2.35. The van der Waals surface area contributed by atoms with Crippen LogP contribution < -0.4 is 0 Å². The Balaban J connectivity index is 2.46. The van der Waals surface area contributed by atoms with E-state index >= 15 is 0 Å². The number of carbonyl (C=O) groups excluding carboxylic acids is 1. The number of aromatic nitrogens is 1. The number of carbonyl (C=O) groups is 1. The van der Waals surface area contributed by atoms with Crippen molar-refractivity contribution in [3.63, 3.8) is 0 Å². The van der Waals surface area contributed by atoms with Gasteiger partial charge in [-0.25, -0.2) is 4.79 Å². The molecule has 17 heavy (non-hydrogen) atoms. The molecule has 0 spiro atoms. The van der Waals surface area contributed by atoms with Gasteiger partial charge in [-0.05, 0) is 32.4 Å². The van der Waals surface area contributed by atoms with Gasteiger partial charge in [0.25, 0.3) is 0 Å². The van der Waals surface area contributed by atoms with Gasteiger partial charge >= 0.3 is 5.97 Å². The zero-order chi connectivity index (χ0) is 12.6. The van der Waals surface area contributed by atoms with Crippen LogP contribution in [0.1, 0.15) is 18.2 Å². The van der Waals surface area contributed by atoms with Crippen molar-refractivity contribution in [1.82, 2.24) is 4.57 Å². The Bertz CT molecular complexity index is 490. The summed E-state index contributed by atoms with van der Waals surface area (Å²) in [5.74, 6) is -0.536. The smallest absolute Gasteiger partial charge is 0.354 e. The van der Waals surface area contributed by atoms with Crippen LogP contribution in [-0.2, 0) is 14.3 Å². The molecule has 2 rings (SSSR count). The molecule has 0 amide bonds. The average molecular weight is 256 g/mol. The summed E-state index contributed by atoms with van der Waals surface area (Å²) in [6.07, 6.45) is 1.19. The van der Waals surface area contributed by atoms with Crippen LogP contribution in [0, 0.1) is 13.8 Å². The summed E-state index contributed by atoms with van der Waals surface area (Å²) in [7, 11) is 0. The molecule has 0 saturated heterocycles. The van der Waals surface area contributed by atoms with Crippen LogP contribution >= 0.6 is 11.6 Å². The number of hydrogen-bond acceptors (Lipinski definition) is 3. The Labute approximate surface area is 105 Å². The van der Waals surface area contributed by atoms with Crippen molar-refractivity contribution in [3.05, 3.63) is 28.6 Å². The van der Waals surface area contributed by atoms with Crippen LogP contribution in [0.2, 0.25) is 0 Å². The number of nitrogens with zero attached hydrogens (tertiary/aromatic N) is 1. The van der Waals surface area contributed by atoms with E-state index in [9.17, 15) is 4.79 Å². The van der Waals surface area contributed by atoms with E-state index in [1.165, 1.54) is 0 Å². The lowest BCUT2D eigenvalue weighted by molar-refractivity contribution is -0.156. The highest BCUT2D eigenvalue weighted by molar-refractivity contribution is 6.44. The second-order valence-corrected chi connectivity index (χ2v) is 4.30. The molecule has 5 heteroatoms. The van der Waals surface area contributed by atoms with Gasteiger partial charge in [-0.2, -0.15) is 0 Å². The predicted molar refractivity (Wildman–Crippen MR) is 64.5 cm³/mol. The molecule has 92 valence electrons. The first-order valence-electron chi connectivity index (χ1n) is 5.42. The monoisotopic (exact) mass is 255 g/mol. The molecule has 0 aromatic carbocycles. The number of rotatable bonds is 3. The summed E-state index contributed by atoms with van der Waals surface area (Å²) >= 11 is 5.98. The summed E-state index contributed by atoms with van der Waals surface area (Å²) in [6.45, 7) is 6.21. The highest BCUT2D eigenvalue weighted by atomic mass is 35.5. The standard InChI is InChI=1S/C12H14ClNO3/c1-4-16-12-10(9(13)11(15)17-12)14-6-7(2)5-8(14)3/h5-6,12H,4H2,1-3H3. The fourth-order valence-corrected chi connectivity index (χ4v) is 2.12. The van der Waals surface area contributed by atoms with Crippen LogP contribution in [0.3, 0.4) is 0 Å². The van der Waals surface area contributed by atoms with E-state index in [0.717, 1.165) is 11.3 Å². The summed E-state index contributed by atoms with van der Waals surface area (Å²) in [4.78, 5) is 11.5. The first-order chi connectivity index (χ1) is 8.04. The van der Waals surface area contributed by atoms with E-state index in [1.54, 1.807) is 0 Å². The first-order valence-corrected chi connectivity index (χ1v) is 5.80. The largest absolute Gasteiger partial charge is 0.425 e. The van der Waals surface area contributed by atoms with Gasteiger partial charge in [-0.3, -0.25) is 0 Å². The fraction of sp³-hybridized carbons (Fsp3) is 0.417. The maximum Gasteiger partial charge on any atom is 0.354 e. The molecule has 0 N–H and O–H groups in total. The average Bonchev–Trinajstić information content (AvgIpc) is 2.70. The van der Waals surface area contributed by atoms with Crippen LogP contribution in [0.5, 0.6) is 0 Å². The van der Waals surface area contributed by atoms with Gasteiger partial charge in [0.2, 0.25) is 6.29 Å². The summed E-state index contributed by atoms with van der Waals surface area (Å²) in [5, 5.41) is 0.0853. The Morgan fingerprint density at radius 3 is 2.76 bits per heavy atom. The van der Waals surface area contributed by atoms with Gasteiger partial charge < -0.3 is 14.0 Å². The van der Waals surface area contributed by atoms with Gasteiger partial charge in [-0.15, -0.1) is 0 Å². The van der Waals surface area contributed by atoms with Crippen LogP contribution in [-0.4, -0.2) is 23.4 Å². The van der Waals surface area contributed by atoms with Gasteiger partial charge in [0.15, 0.2) is 5.03 Å². The highest BCUT2D eigenvalue weighted by Crippen LogP contribution is 2.31. The maximum atomic E-state index is 11.5. The van der Waals surface area contributed by atoms with Crippen molar-refractivity contribution in [3.8, 4) is 0 Å². The number of esters is 1. The van der Waals surface area contributed by atoms with E-state index in [4.69, 9.17) is 21.1 Å². The zero-order valence-electron chi connectivity index (χ0n) is 9.99. The van der Waals surface area contributed by atoms with Gasteiger partial charge in [0.05, 0.1) is 0 Å². The molecule has 2 heterocycles. The van der Waals surface area contributed by atoms with Crippen molar-refractivity contribution in [1.29, 1.82) is 0 Å². The molecule has 0 saturated carbocycles. The molecule has 1 aromatic rings. The normalized spacial score (nSPS) is 20.0. The van der Waals surface area contributed by atoms with Crippen molar-refractivity contribution in [2.24, 2.45) is 0 Å². The Morgan fingerprint density at radius 1 is 1.53 bits per heavy atom. The molecule has 0 bridgehead atoms.